The molecule has 26 heavy (non-hydrogen) atoms. The molecule has 0 unspecified atom stereocenters. The summed E-state index contributed by atoms with van der Waals surface area (Å²) < 4.78 is 5.18. The highest BCUT2D eigenvalue weighted by Gasteiger charge is 2.24. The summed E-state index contributed by atoms with van der Waals surface area (Å²) in [5, 5.41) is 4.56. The molecule has 0 aliphatic heterocycles. The topological polar surface area (TPSA) is 68.3 Å². The molecular formula is C21H18N2O3. The van der Waals surface area contributed by atoms with Gasteiger partial charge in [-0.3, -0.25) is 4.79 Å². The molecule has 5 heteroatoms. The van der Waals surface area contributed by atoms with Crippen LogP contribution in [0.15, 0.2) is 60.8 Å². The fourth-order valence-electron chi connectivity index (χ4n) is 3.42. The molecule has 1 atom stereocenters. The summed E-state index contributed by atoms with van der Waals surface area (Å²) in [6.45, 7) is -0.317. The lowest BCUT2D eigenvalue weighted by atomic mass is 10.1. The zero-order valence-electron chi connectivity index (χ0n) is 14.1. The number of fused-ring (bicyclic) bond motifs is 2. The average molecular weight is 346 g/mol. The summed E-state index contributed by atoms with van der Waals surface area (Å²) in [5.74, 6) is -0.899. The van der Waals surface area contributed by atoms with E-state index < -0.39 is 5.97 Å². The van der Waals surface area contributed by atoms with Crippen LogP contribution in [0.5, 0.6) is 0 Å². The number of hydrogen-bond donors (Lipinski definition) is 1. The fourth-order valence-corrected chi connectivity index (χ4v) is 3.42. The van der Waals surface area contributed by atoms with Gasteiger partial charge in [-0.05, 0) is 35.4 Å². The van der Waals surface area contributed by atoms with E-state index >= 15 is 0 Å². The van der Waals surface area contributed by atoms with Gasteiger partial charge in [-0.25, -0.2) is 9.78 Å². The van der Waals surface area contributed by atoms with Crippen LogP contribution in [0.1, 0.15) is 34.1 Å². The maximum Gasteiger partial charge on any atom is 0.358 e. The third-order valence-corrected chi connectivity index (χ3v) is 4.67. The molecule has 1 aliphatic carbocycles. The number of rotatable bonds is 4. The summed E-state index contributed by atoms with van der Waals surface area (Å²) in [5.41, 5.74) is 2.62. The van der Waals surface area contributed by atoms with Gasteiger partial charge in [0.2, 0.25) is 0 Å². The van der Waals surface area contributed by atoms with Crippen molar-refractivity contribution < 1.29 is 14.3 Å². The third-order valence-electron chi connectivity index (χ3n) is 4.67. The van der Waals surface area contributed by atoms with Crippen molar-refractivity contribution in [3.8, 4) is 0 Å². The molecule has 0 saturated heterocycles. The van der Waals surface area contributed by atoms with E-state index in [1.165, 1.54) is 5.56 Å². The number of esters is 1. The van der Waals surface area contributed by atoms with Crippen LogP contribution in [0.25, 0.3) is 10.8 Å². The quantitative estimate of drug-likeness (QED) is 0.737. The lowest BCUT2D eigenvalue weighted by Crippen LogP contribution is -2.31. The van der Waals surface area contributed by atoms with E-state index in [1.54, 1.807) is 6.20 Å². The van der Waals surface area contributed by atoms with Gasteiger partial charge in [-0.2, -0.15) is 0 Å². The minimum atomic E-state index is -0.594. The molecule has 3 aromatic rings. The van der Waals surface area contributed by atoms with E-state index in [9.17, 15) is 9.59 Å². The van der Waals surface area contributed by atoms with Gasteiger partial charge in [0, 0.05) is 11.6 Å². The van der Waals surface area contributed by atoms with Crippen LogP contribution in [0.2, 0.25) is 0 Å². The smallest absolute Gasteiger partial charge is 0.358 e. The van der Waals surface area contributed by atoms with Crippen molar-refractivity contribution in [2.45, 2.75) is 18.9 Å². The Kier molecular flexibility index (Phi) is 4.35. The van der Waals surface area contributed by atoms with Gasteiger partial charge in [0.1, 0.15) is 0 Å². The second-order valence-corrected chi connectivity index (χ2v) is 6.31. The minimum Gasteiger partial charge on any atom is -0.451 e. The first-order valence-corrected chi connectivity index (χ1v) is 8.60. The molecular weight excluding hydrogens is 328 g/mol. The van der Waals surface area contributed by atoms with Crippen molar-refractivity contribution >= 4 is 22.6 Å². The molecule has 4 rings (SSSR count). The number of benzene rings is 2. The van der Waals surface area contributed by atoms with Gasteiger partial charge in [-0.15, -0.1) is 0 Å². The van der Waals surface area contributed by atoms with E-state index in [0.717, 1.165) is 23.8 Å². The summed E-state index contributed by atoms with van der Waals surface area (Å²) in [6.07, 6.45) is 3.37. The predicted octanol–water partition coefficient (Wildman–Crippen LogP) is 3.20. The molecule has 2 aromatic carbocycles. The Bertz CT molecular complexity index is 978. The van der Waals surface area contributed by atoms with Crippen molar-refractivity contribution in [3.63, 3.8) is 0 Å². The van der Waals surface area contributed by atoms with Crippen molar-refractivity contribution in [2.24, 2.45) is 0 Å². The summed E-state index contributed by atoms with van der Waals surface area (Å²) >= 11 is 0. The molecule has 1 aromatic heterocycles. The normalized spacial score (nSPS) is 15.5. The molecule has 1 N–H and O–H groups in total. The zero-order chi connectivity index (χ0) is 17.9. The molecule has 0 radical (unpaired) electrons. The van der Waals surface area contributed by atoms with Crippen molar-refractivity contribution in [1.82, 2.24) is 10.3 Å². The Morgan fingerprint density at radius 2 is 1.88 bits per heavy atom. The standard InChI is InChI=1S/C21H18N2O3/c24-19(23-18-10-9-14-5-1-3-7-16(14)18)13-26-21(25)20-17-8-4-2-6-15(17)11-12-22-20/h1-8,11-12,18H,9-10,13H2,(H,23,24)/t18-/m1/s1. The third kappa shape index (κ3) is 3.16. The van der Waals surface area contributed by atoms with Crippen LogP contribution in [0, 0.1) is 0 Å². The molecule has 0 spiro atoms. The Labute approximate surface area is 151 Å². The largest absolute Gasteiger partial charge is 0.451 e. The molecule has 1 heterocycles. The first kappa shape index (κ1) is 16.3. The predicted molar refractivity (Wildman–Crippen MR) is 97.7 cm³/mol. The molecule has 0 saturated carbocycles. The summed E-state index contributed by atoms with van der Waals surface area (Å²) in [6, 6.07) is 17.3. The number of nitrogens with one attached hydrogen (secondary N) is 1. The highest BCUT2D eigenvalue weighted by Crippen LogP contribution is 2.30. The monoisotopic (exact) mass is 346 g/mol. The lowest BCUT2D eigenvalue weighted by Gasteiger charge is -2.14. The van der Waals surface area contributed by atoms with Gasteiger partial charge in [0.05, 0.1) is 6.04 Å². The Morgan fingerprint density at radius 3 is 2.81 bits per heavy atom. The van der Waals surface area contributed by atoms with Crippen LogP contribution < -0.4 is 5.32 Å². The van der Waals surface area contributed by atoms with E-state index in [1.807, 2.05) is 48.5 Å². The van der Waals surface area contributed by atoms with Crippen LogP contribution >= 0.6 is 0 Å². The Hall–Kier alpha value is -3.21. The number of carbonyl (C=O) groups excluding carboxylic acids is 2. The van der Waals surface area contributed by atoms with E-state index in [-0.39, 0.29) is 24.2 Å². The first-order chi connectivity index (χ1) is 12.7. The highest BCUT2D eigenvalue weighted by atomic mass is 16.5. The average Bonchev–Trinajstić information content (AvgIpc) is 3.08. The van der Waals surface area contributed by atoms with Crippen molar-refractivity contribution in [2.75, 3.05) is 6.61 Å². The summed E-state index contributed by atoms with van der Waals surface area (Å²) in [7, 11) is 0. The number of hydrogen-bond acceptors (Lipinski definition) is 4. The molecule has 0 bridgehead atoms. The van der Waals surface area contributed by atoms with Crippen LogP contribution in [0.4, 0.5) is 0 Å². The molecule has 0 fully saturated rings. The van der Waals surface area contributed by atoms with Gasteiger partial charge < -0.3 is 10.1 Å². The number of pyridine rings is 1. The second kappa shape index (κ2) is 6.96. The van der Waals surface area contributed by atoms with E-state index in [4.69, 9.17) is 4.74 Å². The number of aryl methyl sites for hydroxylation is 1. The van der Waals surface area contributed by atoms with Gasteiger partial charge >= 0.3 is 5.97 Å². The lowest BCUT2D eigenvalue weighted by molar-refractivity contribution is -0.125. The highest BCUT2D eigenvalue weighted by molar-refractivity contribution is 6.03. The number of ether oxygens (including phenoxy) is 1. The number of nitrogens with zero attached hydrogens (tertiary/aromatic N) is 1. The van der Waals surface area contributed by atoms with Gasteiger partial charge in [-0.1, -0.05) is 48.5 Å². The maximum absolute atomic E-state index is 12.3. The molecule has 1 amide bonds. The van der Waals surface area contributed by atoms with Crippen molar-refractivity contribution in [1.29, 1.82) is 0 Å². The molecule has 5 nitrogen and oxygen atoms in total. The van der Waals surface area contributed by atoms with Crippen LogP contribution in [0.3, 0.4) is 0 Å². The Balaban J connectivity index is 1.39. The number of aromatic nitrogens is 1. The second-order valence-electron chi connectivity index (χ2n) is 6.31. The molecule has 1 aliphatic rings. The fraction of sp³-hybridized carbons (Fsp3) is 0.190. The summed E-state index contributed by atoms with van der Waals surface area (Å²) in [4.78, 5) is 28.6. The first-order valence-electron chi connectivity index (χ1n) is 8.60. The van der Waals surface area contributed by atoms with Crippen molar-refractivity contribution in [3.05, 3.63) is 77.6 Å². The van der Waals surface area contributed by atoms with E-state index in [0.29, 0.717) is 5.39 Å². The van der Waals surface area contributed by atoms with E-state index in [2.05, 4.69) is 16.4 Å². The number of amides is 1. The van der Waals surface area contributed by atoms with Crippen LogP contribution in [-0.4, -0.2) is 23.5 Å². The zero-order valence-corrected chi connectivity index (χ0v) is 14.1. The van der Waals surface area contributed by atoms with Gasteiger partial charge in [0.15, 0.2) is 12.3 Å². The Morgan fingerprint density at radius 1 is 1.08 bits per heavy atom. The molecule has 130 valence electrons. The van der Waals surface area contributed by atoms with Gasteiger partial charge in [0.25, 0.3) is 5.91 Å². The maximum atomic E-state index is 12.3. The SMILES string of the molecule is O=C(COC(=O)c1nccc2ccccc12)N[C@@H]1CCc2ccccc21. The minimum absolute atomic E-state index is 0.0203. The van der Waals surface area contributed by atoms with Crippen LogP contribution in [-0.2, 0) is 16.0 Å². The number of carbonyl (C=O) groups is 2.